The number of ketones is 1. The van der Waals surface area contributed by atoms with Gasteiger partial charge in [0.15, 0.2) is 15.7 Å². The van der Waals surface area contributed by atoms with Gasteiger partial charge in [0.25, 0.3) is 5.91 Å². The Morgan fingerprint density at radius 3 is 2.24 bits per heavy atom. The van der Waals surface area contributed by atoms with Crippen molar-refractivity contribution in [3.8, 4) is 5.75 Å². The summed E-state index contributed by atoms with van der Waals surface area (Å²) in [6.07, 6.45) is 6.38. The predicted octanol–water partition coefficient (Wildman–Crippen LogP) is 7.31. The first-order valence-electron chi connectivity index (χ1n) is 29.9. The molecule has 4 saturated heterocycles. The van der Waals surface area contributed by atoms with E-state index in [2.05, 4.69) is 52.0 Å². The van der Waals surface area contributed by atoms with Gasteiger partial charge in [-0.3, -0.25) is 34.2 Å². The lowest BCUT2D eigenvalue weighted by Gasteiger charge is -2.48. The number of aromatic nitrogens is 7. The van der Waals surface area contributed by atoms with Gasteiger partial charge in [-0.25, -0.2) is 42.5 Å². The highest BCUT2D eigenvalue weighted by Crippen LogP contribution is 2.38. The molecule has 0 radical (unpaired) electrons. The fourth-order valence-corrected chi connectivity index (χ4v) is 13.9. The highest BCUT2D eigenvalue weighted by Gasteiger charge is 2.42. The molecular weight excluding hydrogens is 1150 g/mol. The quantitative estimate of drug-likeness (QED) is 0.0671. The molecule has 2 unspecified atom stereocenters. The number of piperazine rings is 3. The zero-order valence-corrected chi connectivity index (χ0v) is 53.0. The Bertz CT molecular complexity index is 3580. The fraction of sp³-hybridized carbons (Fsp3) is 0.541. The zero-order valence-electron chi connectivity index (χ0n) is 51.4. The molecule has 8 heterocycles. The smallest absolute Gasteiger partial charge is 0.410 e. The second kappa shape index (κ2) is 25.8. The molecule has 87 heavy (non-hydrogen) atoms. The van der Waals surface area contributed by atoms with E-state index in [9.17, 15) is 32.0 Å². The Balaban J connectivity index is 0.718. The number of aryl methyl sites for hydroxylation is 1. The van der Waals surface area contributed by atoms with Gasteiger partial charge in [-0.2, -0.15) is 5.10 Å². The normalized spacial score (nSPS) is 20.3. The number of amides is 3. The molecule has 2 aromatic carbocycles. The van der Waals surface area contributed by atoms with Crippen molar-refractivity contribution in [2.45, 2.75) is 128 Å². The van der Waals surface area contributed by atoms with E-state index in [1.54, 1.807) is 55.6 Å². The third-order valence-corrected chi connectivity index (χ3v) is 20.3. The second-order valence-corrected chi connectivity index (χ2v) is 28.8. The van der Waals surface area contributed by atoms with Crippen LogP contribution in [0.25, 0.3) is 10.9 Å². The highest BCUT2D eigenvalue weighted by atomic mass is 32.2. The van der Waals surface area contributed by atoms with Crippen LogP contribution in [-0.4, -0.2) is 217 Å². The maximum Gasteiger partial charge on any atom is 0.410 e. The summed E-state index contributed by atoms with van der Waals surface area (Å²) in [4.78, 5) is 92.7. The number of fused-ring (bicyclic) bond motifs is 1. The van der Waals surface area contributed by atoms with Crippen LogP contribution in [0.15, 0.2) is 65.4 Å². The van der Waals surface area contributed by atoms with Crippen LogP contribution in [0.2, 0.25) is 0 Å². The number of carbonyl (C=O) groups is 4. The van der Waals surface area contributed by atoms with Gasteiger partial charge in [0.2, 0.25) is 17.6 Å². The Hall–Kier alpha value is -7.26. The lowest BCUT2D eigenvalue weighted by molar-refractivity contribution is -0.135. The first kappa shape index (κ1) is 62.8. The van der Waals surface area contributed by atoms with Gasteiger partial charge >= 0.3 is 6.09 Å². The number of anilines is 3. The molecular formula is C61H80FN15O8S2. The van der Waals surface area contributed by atoms with E-state index in [0.29, 0.717) is 130 Å². The summed E-state index contributed by atoms with van der Waals surface area (Å²) in [6.45, 7) is 25.9. The minimum Gasteiger partial charge on any atom is -0.492 e. The summed E-state index contributed by atoms with van der Waals surface area (Å²) < 4.78 is 52.7. The standard InChI is InChI=1S/C61H80FN15O8S2/c1-38-31-74(25-24-73(38)33-45-34-77(59(81)85-60(5,6)7)39(2)32-75(45)35-52(78)76-19-11-13-49(76)56-67-48(36-86-56)53(79)42-14-16-44(62)17-15-42)58-63-29-43(30-64-58)57(80)72-22-20-71(21-23-72)18-12-26-84-50-28-47-46(27-51(50)87(82,83)61(8,9)10)55(66-37-65-47)68-54-40(3)41(4)69-70-54/h14-17,27-30,36-39,45,49H,11-13,18-26,31-35H2,1-10H3,(H2,65,66,68,69,70)/t38?,39-,45+,49?/m1/s1. The van der Waals surface area contributed by atoms with Crippen LogP contribution in [0.3, 0.4) is 0 Å². The van der Waals surface area contributed by atoms with Gasteiger partial charge in [-0.05, 0) is 119 Å². The SMILES string of the molecule is Cc1[nH]nc(Nc2ncnc3cc(OCCCN4CCN(C(=O)c5cnc(N6CCN(C[C@H]7CN(C(=O)OC(C)(C)C)[C@H](C)CN7CC(=O)N7CCCC7c7nc(C(=O)c8ccc(F)cc8)cs7)C(C)C6)nc5)CC4)c(S(=O)(=O)C(C)(C)C)cc23)c1C. The molecule has 4 aromatic heterocycles. The van der Waals surface area contributed by atoms with Gasteiger partial charge in [0, 0.05) is 143 Å². The van der Waals surface area contributed by atoms with Crippen LogP contribution in [-0.2, 0) is 19.4 Å². The molecule has 0 spiro atoms. The second-order valence-electron chi connectivity index (χ2n) is 25.2. The summed E-state index contributed by atoms with van der Waals surface area (Å²) in [5.41, 5.74) is 2.68. The summed E-state index contributed by atoms with van der Waals surface area (Å²) >= 11 is 1.35. The molecule has 0 saturated carbocycles. The van der Waals surface area contributed by atoms with Crippen molar-refractivity contribution in [2.24, 2.45) is 0 Å². The maximum atomic E-state index is 14.4. The molecule has 0 aliphatic carbocycles. The molecule has 466 valence electrons. The number of rotatable bonds is 17. The van der Waals surface area contributed by atoms with Crippen molar-refractivity contribution in [2.75, 3.05) is 102 Å². The number of hydrogen-bond acceptors (Lipinski definition) is 20. The molecule has 2 N–H and O–H groups in total. The van der Waals surface area contributed by atoms with E-state index >= 15 is 0 Å². The summed E-state index contributed by atoms with van der Waals surface area (Å²) in [5, 5.41) is 13.4. The number of nitrogens with zero attached hydrogens (tertiary/aromatic N) is 13. The van der Waals surface area contributed by atoms with Crippen molar-refractivity contribution < 1.29 is 41.5 Å². The van der Waals surface area contributed by atoms with E-state index in [1.165, 1.54) is 41.9 Å². The molecule has 4 atom stereocenters. The monoisotopic (exact) mass is 1230 g/mol. The third-order valence-electron chi connectivity index (χ3n) is 16.8. The van der Waals surface area contributed by atoms with Crippen molar-refractivity contribution in [1.82, 2.24) is 64.5 Å². The predicted molar refractivity (Wildman–Crippen MR) is 329 cm³/mol. The molecule has 4 aliphatic heterocycles. The molecule has 23 nitrogen and oxygen atoms in total. The van der Waals surface area contributed by atoms with Crippen LogP contribution < -0.4 is 15.0 Å². The Morgan fingerprint density at radius 1 is 0.828 bits per heavy atom. The Morgan fingerprint density at radius 2 is 1.56 bits per heavy atom. The fourth-order valence-electron chi connectivity index (χ4n) is 11.6. The van der Waals surface area contributed by atoms with Crippen LogP contribution in [0.1, 0.15) is 123 Å². The number of nitrogens with one attached hydrogen (secondary N) is 2. The number of thiazole rings is 1. The summed E-state index contributed by atoms with van der Waals surface area (Å²) in [5.74, 6) is 0.871. The van der Waals surface area contributed by atoms with E-state index in [1.807, 2.05) is 51.3 Å². The average molecular weight is 1230 g/mol. The number of aromatic amines is 1. The lowest BCUT2D eigenvalue weighted by atomic mass is 10.0. The molecule has 0 bridgehead atoms. The average Bonchev–Trinajstić information content (AvgIpc) is 1.67. The van der Waals surface area contributed by atoms with Crippen LogP contribution in [0.5, 0.6) is 5.75 Å². The number of carbonyl (C=O) groups excluding carboxylic acids is 4. The molecule has 10 rings (SSSR count). The highest BCUT2D eigenvalue weighted by molar-refractivity contribution is 7.92. The van der Waals surface area contributed by atoms with Gasteiger partial charge < -0.3 is 34.4 Å². The number of halogens is 1. The van der Waals surface area contributed by atoms with Crippen LogP contribution in [0, 0.1) is 19.7 Å². The minimum atomic E-state index is -3.86. The number of benzene rings is 2. The van der Waals surface area contributed by atoms with Gasteiger partial charge in [-0.15, -0.1) is 11.3 Å². The first-order chi connectivity index (χ1) is 41.3. The van der Waals surface area contributed by atoms with Crippen LogP contribution >= 0.6 is 11.3 Å². The maximum absolute atomic E-state index is 14.4. The van der Waals surface area contributed by atoms with Crippen molar-refractivity contribution >= 4 is 73.4 Å². The molecule has 4 fully saturated rings. The Labute approximate surface area is 511 Å². The van der Waals surface area contributed by atoms with Crippen molar-refractivity contribution in [1.29, 1.82) is 0 Å². The summed E-state index contributed by atoms with van der Waals surface area (Å²) in [6, 6.07) is 8.00. The number of hydrogen-bond donors (Lipinski definition) is 2. The van der Waals surface area contributed by atoms with Crippen LogP contribution in [0.4, 0.5) is 26.8 Å². The van der Waals surface area contributed by atoms with E-state index in [-0.39, 0.29) is 77.3 Å². The van der Waals surface area contributed by atoms with Gasteiger partial charge in [0.1, 0.15) is 44.9 Å². The molecule has 3 amide bonds. The number of likely N-dealkylation sites (tertiary alicyclic amines) is 1. The van der Waals surface area contributed by atoms with E-state index in [0.717, 1.165) is 24.1 Å². The molecule has 4 aliphatic rings. The molecule has 26 heteroatoms. The lowest BCUT2D eigenvalue weighted by Crippen LogP contribution is -2.65. The number of ether oxygens (including phenoxy) is 2. The Kier molecular flexibility index (Phi) is 18.6. The topological polar surface area (TPSA) is 249 Å². The molecule has 6 aromatic rings. The van der Waals surface area contributed by atoms with E-state index < -0.39 is 26.0 Å². The van der Waals surface area contributed by atoms with Gasteiger partial charge in [0.05, 0.1) is 35.0 Å². The summed E-state index contributed by atoms with van der Waals surface area (Å²) in [7, 11) is -3.86. The number of sulfone groups is 1. The van der Waals surface area contributed by atoms with E-state index in [4.69, 9.17) is 24.4 Å². The third kappa shape index (κ3) is 14.2. The first-order valence-corrected chi connectivity index (χ1v) is 32.2. The minimum absolute atomic E-state index is 0.0387. The van der Waals surface area contributed by atoms with Crippen molar-refractivity contribution in [3.63, 3.8) is 0 Å². The largest absolute Gasteiger partial charge is 0.492 e. The zero-order chi connectivity index (χ0) is 62.1. The van der Waals surface area contributed by atoms with Crippen molar-refractivity contribution in [3.05, 3.63) is 99.4 Å². The number of H-pyrrole nitrogens is 1. The van der Waals surface area contributed by atoms with Gasteiger partial charge in [-0.1, -0.05) is 0 Å².